The standard InChI is InChI=1S/C27H25FN4O2/c1-18-6-8-19(9-7-18)25-17-26(32-12-14-34-15-13-32)21-16-20(10-11-23(21)30-25)29-27(33)31-24-5-3-2-4-22(24)28/h2-11,16-17H,12-15H2,1H3,(H2,29,31,33). The Kier molecular flexibility index (Phi) is 6.10. The number of nitrogens with zero attached hydrogens (tertiary/aromatic N) is 2. The number of hydrogen-bond acceptors (Lipinski definition) is 4. The Labute approximate surface area is 197 Å². The first-order chi connectivity index (χ1) is 16.6. The molecular formula is C27H25FN4O2. The van der Waals surface area contributed by atoms with Crippen molar-refractivity contribution in [3.63, 3.8) is 0 Å². The number of morpholine rings is 1. The number of pyridine rings is 1. The van der Waals surface area contributed by atoms with Crippen molar-refractivity contribution < 1.29 is 13.9 Å². The molecule has 3 aromatic carbocycles. The third-order valence-corrected chi connectivity index (χ3v) is 5.87. The average molecular weight is 457 g/mol. The van der Waals surface area contributed by atoms with Crippen LogP contribution >= 0.6 is 0 Å². The summed E-state index contributed by atoms with van der Waals surface area (Å²) in [7, 11) is 0. The van der Waals surface area contributed by atoms with E-state index in [2.05, 4.69) is 52.8 Å². The van der Waals surface area contributed by atoms with Gasteiger partial charge in [-0.3, -0.25) is 0 Å². The van der Waals surface area contributed by atoms with Crippen molar-refractivity contribution in [2.75, 3.05) is 41.8 Å². The van der Waals surface area contributed by atoms with Crippen molar-refractivity contribution in [3.05, 3.63) is 84.2 Å². The molecule has 0 spiro atoms. The summed E-state index contributed by atoms with van der Waals surface area (Å²) in [5, 5.41) is 6.29. The van der Waals surface area contributed by atoms with Crippen LogP contribution in [-0.4, -0.2) is 37.3 Å². The van der Waals surface area contributed by atoms with E-state index in [9.17, 15) is 9.18 Å². The molecule has 1 saturated heterocycles. The van der Waals surface area contributed by atoms with Gasteiger partial charge in [-0.15, -0.1) is 0 Å². The maximum atomic E-state index is 13.9. The van der Waals surface area contributed by atoms with Gasteiger partial charge in [0.2, 0.25) is 0 Å². The van der Waals surface area contributed by atoms with Crippen LogP contribution in [0.5, 0.6) is 0 Å². The predicted octanol–water partition coefficient (Wildman–Crippen LogP) is 5.83. The molecule has 2 heterocycles. The molecule has 1 aromatic heterocycles. The summed E-state index contributed by atoms with van der Waals surface area (Å²) in [5.41, 5.74) is 5.74. The smallest absolute Gasteiger partial charge is 0.323 e. The minimum Gasteiger partial charge on any atom is -0.378 e. The molecule has 34 heavy (non-hydrogen) atoms. The van der Waals surface area contributed by atoms with E-state index in [1.165, 1.54) is 17.7 Å². The highest BCUT2D eigenvalue weighted by molar-refractivity contribution is 6.03. The number of benzene rings is 3. The normalized spacial score (nSPS) is 13.6. The fourth-order valence-electron chi connectivity index (χ4n) is 4.07. The summed E-state index contributed by atoms with van der Waals surface area (Å²) in [6.45, 7) is 4.93. The van der Waals surface area contributed by atoms with Gasteiger partial charge in [0.1, 0.15) is 5.82 Å². The Morgan fingerprint density at radius 2 is 1.74 bits per heavy atom. The molecule has 0 bridgehead atoms. The fourth-order valence-corrected chi connectivity index (χ4v) is 4.07. The van der Waals surface area contributed by atoms with Gasteiger partial charge >= 0.3 is 6.03 Å². The van der Waals surface area contributed by atoms with E-state index < -0.39 is 11.8 Å². The summed E-state index contributed by atoms with van der Waals surface area (Å²) in [5.74, 6) is -0.487. The van der Waals surface area contributed by atoms with Crippen LogP contribution in [-0.2, 0) is 4.74 Å². The minimum atomic E-state index is -0.512. The van der Waals surface area contributed by atoms with Gasteiger partial charge in [0.15, 0.2) is 0 Å². The molecule has 4 aromatic rings. The van der Waals surface area contributed by atoms with Gasteiger partial charge in [0.25, 0.3) is 0 Å². The number of carbonyl (C=O) groups is 1. The predicted molar refractivity (Wildman–Crippen MR) is 134 cm³/mol. The Hall–Kier alpha value is -3.97. The van der Waals surface area contributed by atoms with Gasteiger partial charge < -0.3 is 20.3 Å². The highest BCUT2D eigenvalue weighted by atomic mass is 19.1. The van der Waals surface area contributed by atoms with Crippen LogP contribution in [0.4, 0.5) is 26.2 Å². The first kappa shape index (κ1) is 21.9. The number of urea groups is 1. The number of ether oxygens (including phenoxy) is 1. The topological polar surface area (TPSA) is 66.5 Å². The van der Waals surface area contributed by atoms with Crippen molar-refractivity contribution in [2.45, 2.75) is 6.92 Å². The molecule has 0 atom stereocenters. The Morgan fingerprint density at radius 1 is 0.971 bits per heavy atom. The Morgan fingerprint density at radius 3 is 2.50 bits per heavy atom. The second-order valence-electron chi connectivity index (χ2n) is 8.28. The zero-order valence-electron chi connectivity index (χ0n) is 18.8. The zero-order chi connectivity index (χ0) is 23.5. The highest BCUT2D eigenvalue weighted by Gasteiger charge is 2.17. The van der Waals surface area contributed by atoms with Crippen molar-refractivity contribution in [2.24, 2.45) is 0 Å². The second-order valence-corrected chi connectivity index (χ2v) is 8.28. The van der Waals surface area contributed by atoms with E-state index in [0.717, 1.165) is 40.9 Å². The number of aryl methyl sites for hydroxylation is 1. The van der Waals surface area contributed by atoms with E-state index in [1.54, 1.807) is 18.2 Å². The molecule has 0 unspecified atom stereocenters. The van der Waals surface area contributed by atoms with E-state index in [4.69, 9.17) is 9.72 Å². The van der Waals surface area contributed by atoms with Crippen molar-refractivity contribution in [1.82, 2.24) is 4.98 Å². The highest BCUT2D eigenvalue weighted by Crippen LogP contribution is 2.33. The summed E-state index contributed by atoms with van der Waals surface area (Å²) in [4.78, 5) is 19.7. The second kappa shape index (κ2) is 9.49. The molecule has 0 saturated carbocycles. The van der Waals surface area contributed by atoms with Crippen LogP contribution in [0.1, 0.15) is 5.56 Å². The van der Waals surface area contributed by atoms with Crippen LogP contribution < -0.4 is 15.5 Å². The maximum Gasteiger partial charge on any atom is 0.323 e. The lowest BCUT2D eigenvalue weighted by atomic mass is 10.0. The van der Waals surface area contributed by atoms with Gasteiger partial charge in [0, 0.05) is 35.4 Å². The molecule has 2 amide bonds. The number of aromatic nitrogens is 1. The van der Waals surface area contributed by atoms with Crippen molar-refractivity contribution in [3.8, 4) is 11.3 Å². The Bertz CT molecular complexity index is 1330. The summed E-state index contributed by atoms with van der Waals surface area (Å²) in [6.07, 6.45) is 0. The van der Waals surface area contributed by atoms with Crippen LogP contribution in [0.2, 0.25) is 0 Å². The SMILES string of the molecule is Cc1ccc(-c2cc(N3CCOCC3)c3cc(NC(=O)Nc4ccccc4F)ccc3n2)cc1. The fraction of sp³-hybridized carbons (Fsp3) is 0.185. The molecule has 5 rings (SSSR count). The van der Waals surface area contributed by atoms with E-state index in [-0.39, 0.29) is 5.69 Å². The number of halogens is 1. The van der Waals surface area contributed by atoms with Crippen molar-refractivity contribution >= 4 is 34.0 Å². The number of anilines is 3. The number of para-hydroxylation sites is 1. The van der Waals surface area contributed by atoms with E-state index in [0.29, 0.717) is 18.9 Å². The number of amides is 2. The third kappa shape index (κ3) is 4.70. The third-order valence-electron chi connectivity index (χ3n) is 5.87. The average Bonchev–Trinajstić information content (AvgIpc) is 2.86. The molecule has 1 aliphatic rings. The molecule has 1 aliphatic heterocycles. The quantitative estimate of drug-likeness (QED) is 0.406. The lowest BCUT2D eigenvalue weighted by Gasteiger charge is -2.30. The van der Waals surface area contributed by atoms with Gasteiger partial charge in [-0.1, -0.05) is 42.0 Å². The first-order valence-electron chi connectivity index (χ1n) is 11.2. The monoisotopic (exact) mass is 456 g/mol. The molecule has 0 radical (unpaired) electrons. The number of fused-ring (bicyclic) bond motifs is 1. The van der Waals surface area contributed by atoms with Gasteiger partial charge in [-0.25, -0.2) is 14.2 Å². The van der Waals surface area contributed by atoms with Crippen LogP contribution in [0.3, 0.4) is 0 Å². The van der Waals surface area contributed by atoms with Crippen molar-refractivity contribution in [1.29, 1.82) is 0 Å². The van der Waals surface area contributed by atoms with E-state index in [1.807, 2.05) is 12.1 Å². The largest absolute Gasteiger partial charge is 0.378 e. The zero-order valence-corrected chi connectivity index (χ0v) is 18.8. The molecule has 2 N–H and O–H groups in total. The molecular weight excluding hydrogens is 431 g/mol. The van der Waals surface area contributed by atoms with E-state index >= 15 is 0 Å². The molecule has 1 fully saturated rings. The lowest BCUT2D eigenvalue weighted by Crippen LogP contribution is -2.36. The molecule has 6 nitrogen and oxygen atoms in total. The number of nitrogens with one attached hydrogen (secondary N) is 2. The van der Waals surface area contributed by atoms with Crippen LogP contribution in [0, 0.1) is 12.7 Å². The maximum absolute atomic E-state index is 13.9. The molecule has 7 heteroatoms. The molecule has 172 valence electrons. The van der Waals surface area contributed by atoms with Crippen LogP contribution in [0.25, 0.3) is 22.2 Å². The first-order valence-corrected chi connectivity index (χ1v) is 11.2. The number of rotatable bonds is 4. The lowest BCUT2D eigenvalue weighted by molar-refractivity contribution is 0.123. The number of carbonyl (C=O) groups excluding carboxylic acids is 1. The molecule has 0 aliphatic carbocycles. The van der Waals surface area contributed by atoms with Gasteiger partial charge in [-0.05, 0) is 43.3 Å². The summed E-state index contributed by atoms with van der Waals surface area (Å²) < 4.78 is 19.4. The Balaban J connectivity index is 1.49. The minimum absolute atomic E-state index is 0.124. The van der Waals surface area contributed by atoms with Gasteiger partial charge in [0.05, 0.1) is 30.1 Å². The summed E-state index contributed by atoms with van der Waals surface area (Å²) >= 11 is 0. The number of hydrogen-bond donors (Lipinski definition) is 2. The van der Waals surface area contributed by atoms with Gasteiger partial charge in [-0.2, -0.15) is 0 Å². The van der Waals surface area contributed by atoms with Crippen LogP contribution in [0.15, 0.2) is 72.8 Å². The summed E-state index contributed by atoms with van der Waals surface area (Å²) in [6, 6.07) is 21.6.